The van der Waals surface area contributed by atoms with Crippen LogP contribution in [-0.2, 0) is 14.3 Å². The first kappa shape index (κ1) is 17.9. The SMILES string of the molecule is COCCN1CC(C(=O)NCC(C)(O)CN(C)C)CC1=O. The highest BCUT2D eigenvalue weighted by Crippen LogP contribution is 2.17. The van der Waals surface area contributed by atoms with E-state index in [4.69, 9.17) is 4.74 Å². The van der Waals surface area contributed by atoms with Crippen LogP contribution < -0.4 is 5.32 Å². The standard InChI is InChI=1S/C14H27N3O4/c1-14(20,10-16(2)3)9-15-13(19)11-7-12(18)17(8-11)5-6-21-4/h11,20H,5-10H2,1-4H3,(H,15,19). The second kappa shape index (κ2) is 7.72. The molecule has 1 heterocycles. The Hall–Kier alpha value is -1.18. The minimum Gasteiger partial charge on any atom is -0.387 e. The number of nitrogens with zero attached hydrogens (tertiary/aromatic N) is 2. The second-order valence-electron chi connectivity index (χ2n) is 6.19. The third kappa shape index (κ3) is 5.99. The van der Waals surface area contributed by atoms with Gasteiger partial charge in [-0.1, -0.05) is 0 Å². The van der Waals surface area contributed by atoms with E-state index >= 15 is 0 Å². The molecule has 2 atom stereocenters. The van der Waals surface area contributed by atoms with Gasteiger partial charge in [0.05, 0.1) is 18.1 Å². The Morgan fingerprint density at radius 1 is 1.57 bits per heavy atom. The number of amides is 2. The van der Waals surface area contributed by atoms with Gasteiger partial charge in [0, 0.05) is 39.7 Å². The fourth-order valence-electron chi connectivity index (χ4n) is 2.52. The van der Waals surface area contributed by atoms with E-state index in [0.29, 0.717) is 26.2 Å². The van der Waals surface area contributed by atoms with Crippen molar-refractivity contribution in [1.29, 1.82) is 0 Å². The van der Waals surface area contributed by atoms with E-state index in [-0.39, 0.29) is 30.7 Å². The largest absolute Gasteiger partial charge is 0.387 e. The molecule has 0 aromatic heterocycles. The Kier molecular flexibility index (Phi) is 6.57. The lowest BCUT2D eigenvalue weighted by atomic mass is 10.0. The van der Waals surface area contributed by atoms with Crippen LogP contribution in [0.4, 0.5) is 0 Å². The number of hydrogen-bond donors (Lipinski definition) is 2. The third-order valence-corrected chi connectivity index (χ3v) is 3.45. The highest BCUT2D eigenvalue weighted by atomic mass is 16.5. The fraction of sp³-hybridized carbons (Fsp3) is 0.857. The van der Waals surface area contributed by atoms with Gasteiger partial charge in [-0.15, -0.1) is 0 Å². The zero-order chi connectivity index (χ0) is 16.0. The average molecular weight is 301 g/mol. The molecule has 0 radical (unpaired) electrons. The van der Waals surface area contributed by atoms with Gasteiger partial charge in [0.2, 0.25) is 11.8 Å². The minimum absolute atomic E-state index is 0.0211. The molecule has 1 rings (SSSR count). The lowest BCUT2D eigenvalue weighted by Crippen LogP contribution is -2.48. The summed E-state index contributed by atoms with van der Waals surface area (Å²) in [7, 11) is 5.30. The van der Waals surface area contributed by atoms with Crippen molar-refractivity contribution < 1.29 is 19.4 Å². The number of aliphatic hydroxyl groups is 1. The summed E-state index contributed by atoms with van der Waals surface area (Å²) in [5.41, 5.74) is -0.989. The normalized spacial score (nSPS) is 21.7. The van der Waals surface area contributed by atoms with E-state index < -0.39 is 5.60 Å². The van der Waals surface area contributed by atoms with E-state index in [1.54, 1.807) is 18.9 Å². The molecule has 2 N–H and O–H groups in total. The average Bonchev–Trinajstić information content (AvgIpc) is 2.73. The van der Waals surface area contributed by atoms with Gasteiger partial charge in [-0.05, 0) is 21.0 Å². The number of methoxy groups -OCH3 is 1. The zero-order valence-corrected chi connectivity index (χ0v) is 13.4. The van der Waals surface area contributed by atoms with Crippen molar-refractivity contribution in [3.8, 4) is 0 Å². The molecule has 2 amide bonds. The highest BCUT2D eigenvalue weighted by molar-refractivity contribution is 5.89. The number of rotatable bonds is 8. The summed E-state index contributed by atoms with van der Waals surface area (Å²) < 4.78 is 4.94. The highest BCUT2D eigenvalue weighted by Gasteiger charge is 2.34. The van der Waals surface area contributed by atoms with Crippen LogP contribution in [0.15, 0.2) is 0 Å². The van der Waals surface area contributed by atoms with Gasteiger partial charge >= 0.3 is 0 Å². The number of ether oxygens (including phenoxy) is 1. The molecule has 2 unspecified atom stereocenters. The molecule has 1 aliphatic rings. The van der Waals surface area contributed by atoms with E-state index in [9.17, 15) is 14.7 Å². The van der Waals surface area contributed by atoms with Crippen molar-refractivity contribution in [3.05, 3.63) is 0 Å². The van der Waals surface area contributed by atoms with Crippen molar-refractivity contribution in [3.63, 3.8) is 0 Å². The molecule has 7 heteroatoms. The molecule has 0 saturated carbocycles. The first-order valence-corrected chi connectivity index (χ1v) is 7.16. The molecular weight excluding hydrogens is 274 g/mol. The van der Waals surface area contributed by atoms with Gasteiger partial charge in [-0.25, -0.2) is 0 Å². The summed E-state index contributed by atoms with van der Waals surface area (Å²) in [4.78, 5) is 27.4. The van der Waals surface area contributed by atoms with Crippen molar-refractivity contribution >= 4 is 11.8 Å². The predicted molar refractivity (Wildman–Crippen MR) is 78.8 cm³/mol. The van der Waals surface area contributed by atoms with Gasteiger partial charge in [-0.3, -0.25) is 9.59 Å². The Morgan fingerprint density at radius 2 is 2.24 bits per heavy atom. The molecule has 7 nitrogen and oxygen atoms in total. The number of nitrogens with one attached hydrogen (secondary N) is 1. The lowest BCUT2D eigenvalue weighted by Gasteiger charge is -2.27. The van der Waals surface area contributed by atoms with E-state index in [1.165, 1.54) is 0 Å². The number of carbonyl (C=O) groups excluding carboxylic acids is 2. The van der Waals surface area contributed by atoms with Gasteiger partial charge in [-0.2, -0.15) is 0 Å². The fourth-order valence-corrected chi connectivity index (χ4v) is 2.52. The van der Waals surface area contributed by atoms with Crippen LogP contribution in [0, 0.1) is 5.92 Å². The Balaban J connectivity index is 2.41. The molecular formula is C14H27N3O4. The summed E-state index contributed by atoms with van der Waals surface area (Å²) in [5.74, 6) is -0.543. The van der Waals surface area contributed by atoms with Crippen LogP contribution in [0.1, 0.15) is 13.3 Å². The van der Waals surface area contributed by atoms with Gasteiger partial charge < -0.3 is 25.0 Å². The lowest BCUT2D eigenvalue weighted by molar-refractivity contribution is -0.129. The third-order valence-electron chi connectivity index (χ3n) is 3.45. The van der Waals surface area contributed by atoms with Crippen molar-refractivity contribution in [2.24, 2.45) is 5.92 Å². The Bertz CT molecular complexity index is 371. The quantitative estimate of drug-likeness (QED) is 0.595. The maximum atomic E-state index is 12.1. The van der Waals surface area contributed by atoms with Crippen molar-refractivity contribution in [2.75, 3.05) is 54.0 Å². The second-order valence-corrected chi connectivity index (χ2v) is 6.19. The summed E-state index contributed by atoms with van der Waals surface area (Å²) in [6.07, 6.45) is 0.228. The van der Waals surface area contributed by atoms with Crippen LogP contribution in [0.2, 0.25) is 0 Å². The molecule has 0 spiro atoms. The summed E-state index contributed by atoms with van der Waals surface area (Å²) in [5, 5.41) is 12.9. The van der Waals surface area contributed by atoms with Crippen LogP contribution in [0.3, 0.4) is 0 Å². The molecule has 0 aliphatic carbocycles. The predicted octanol–water partition coefficient (Wildman–Crippen LogP) is -1.09. The molecule has 0 aromatic carbocycles. The van der Waals surface area contributed by atoms with Crippen LogP contribution in [0.5, 0.6) is 0 Å². The number of likely N-dealkylation sites (tertiary alicyclic amines) is 1. The maximum absolute atomic E-state index is 12.1. The van der Waals surface area contributed by atoms with Crippen LogP contribution in [0.25, 0.3) is 0 Å². The monoisotopic (exact) mass is 301 g/mol. The minimum atomic E-state index is -0.989. The van der Waals surface area contributed by atoms with E-state index in [2.05, 4.69) is 5.32 Å². The number of likely N-dealkylation sites (N-methyl/N-ethyl adjacent to an activating group) is 1. The Morgan fingerprint density at radius 3 is 2.81 bits per heavy atom. The van der Waals surface area contributed by atoms with Crippen molar-refractivity contribution in [2.45, 2.75) is 18.9 Å². The van der Waals surface area contributed by atoms with Crippen LogP contribution in [-0.4, -0.2) is 86.3 Å². The molecule has 0 bridgehead atoms. The van der Waals surface area contributed by atoms with Gasteiger partial charge in [0.15, 0.2) is 0 Å². The van der Waals surface area contributed by atoms with Crippen molar-refractivity contribution in [1.82, 2.24) is 15.1 Å². The molecule has 21 heavy (non-hydrogen) atoms. The van der Waals surface area contributed by atoms with E-state index in [0.717, 1.165) is 0 Å². The number of carbonyl (C=O) groups is 2. The first-order valence-electron chi connectivity index (χ1n) is 7.16. The molecule has 1 saturated heterocycles. The molecule has 1 fully saturated rings. The summed E-state index contributed by atoms with van der Waals surface area (Å²) in [6.45, 7) is 3.71. The first-order chi connectivity index (χ1) is 9.75. The smallest absolute Gasteiger partial charge is 0.225 e. The van der Waals surface area contributed by atoms with Crippen LogP contribution >= 0.6 is 0 Å². The molecule has 1 aliphatic heterocycles. The molecule has 0 aromatic rings. The van der Waals surface area contributed by atoms with Gasteiger partial charge in [0.1, 0.15) is 0 Å². The zero-order valence-electron chi connectivity index (χ0n) is 13.4. The Labute approximate surface area is 126 Å². The number of hydrogen-bond acceptors (Lipinski definition) is 5. The maximum Gasteiger partial charge on any atom is 0.225 e. The summed E-state index contributed by atoms with van der Waals surface area (Å²) in [6, 6.07) is 0. The van der Waals surface area contributed by atoms with Gasteiger partial charge in [0.25, 0.3) is 0 Å². The topological polar surface area (TPSA) is 82.1 Å². The summed E-state index contributed by atoms with van der Waals surface area (Å²) >= 11 is 0. The van der Waals surface area contributed by atoms with E-state index in [1.807, 2.05) is 19.0 Å². The molecule has 122 valence electrons.